The molecule has 110 valence electrons. The number of rotatable bonds is 4. The molecule has 1 rings (SSSR count). The lowest BCUT2D eigenvalue weighted by molar-refractivity contribution is -0.200. The van der Waals surface area contributed by atoms with Gasteiger partial charge in [-0.2, -0.15) is 18.4 Å². The lowest BCUT2D eigenvalue weighted by Crippen LogP contribution is -2.40. The summed E-state index contributed by atoms with van der Waals surface area (Å²) in [5.41, 5.74) is -0.818. The summed E-state index contributed by atoms with van der Waals surface area (Å²) in [5, 5.41) is 17.3. The van der Waals surface area contributed by atoms with Crippen LogP contribution in [0.4, 0.5) is 17.6 Å². The number of halogens is 4. The lowest BCUT2D eigenvalue weighted by atomic mass is 10.2. The van der Waals surface area contributed by atoms with Gasteiger partial charge in [-0.15, -0.1) is 0 Å². The van der Waals surface area contributed by atoms with Crippen LogP contribution in [-0.4, -0.2) is 32.3 Å². The van der Waals surface area contributed by atoms with Crippen molar-refractivity contribution in [1.29, 1.82) is 5.26 Å². The largest absolute Gasteiger partial charge is 0.415 e. The second-order valence-corrected chi connectivity index (χ2v) is 5.37. The number of hydrogen-bond donors (Lipinski definition) is 2. The van der Waals surface area contributed by atoms with E-state index in [0.29, 0.717) is 0 Å². The Kier molecular flexibility index (Phi) is 4.69. The van der Waals surface area contributed by atoms with Gasteiger partial charge in [0, 0.05) is 6.54 Å². The van der Waals surface area contributed by atoms with Crippen LogP contribution in [0.1, 0.15) is 5.56 Å². The number of aliphatic hydroxyl groups is 1. The summed E-state index contributed by atoms with van der Waals surface area (Å²) in [6.45, 7) is -1.34. The van der Waals surface area contributed by atoms with Crippen LogP contribution in [0.2, 0.25) is 0 Å². The van der Waals surface area contributed by atoms with E-state index in [4.69, 9.17) is 10.4 Å². The molecule has 10 heteroatoms. The Morgan fingerprint density at radius 3 is 2.50 bits per heavy atom. The summed E-state index contributed by atoms with van der Waals surface area (Å²) >= 11 is 0. The first-order valence-corrected chi connectivity index (χ1v) is 6.51. The van der Waals surface area contributed by atoms with Crippen molar-refractivity contribution in [1.82, 2.24) is 4.72 Å². The Morgan fingerprint density at radius 2 is 2.00 bits per heavy atom. The number of nitrogens with zero attached hydrogens (tertiary/aromatic N) is 1. The highest BCUT2D eigenvalue weighted by atomic mass is 32.2. The Morgan fingerprint density at radius 1 is 1.40 bits per heavy atom. The van der Waals surface area contributed by atoms with Crippen LogP contribution in [0.5, 0.6) is 0 Å². The number of benzene rings is 1. The van der Waals surface area contributed by atoms with E-state index in [2.05, 4.69) is 0 Å². The van der Waals surface area contributed by atoms with Crippen LogP contribution in [-0.2, 0) is 10.0 Å². The van der Waals surface area contributed by atoms with Gasteiger partial charge in [-0.1, -0.05) is 6.07 Å². The van der Waals surface area contributed by atoms with Gasteiger partial charge in [0.2, 0.25) is 10.0 Å². The molecule has 0 aliphatic rings. The van der Waals surface area contributed by atoms with Crippen molar-refractivity contribution in [3.05, 3.63) is 29.6 Å². The molecule has 0 radical (unpaired) electrons. The van der Waals surface area contributed by atoms with Crippen LogP contribution in [0.15, 0.2) is 23.1 Å². The molecule has 0 aromatic heterocycles. The fraction of sp³-hybridized carbons (Fsp3) is 0.300. The zero-order valence-corrected chi connectivity index (χ0v) is 10.5. The topological polar surface area (TPSA) is 90.2 Å². The highest BCUT2D eigenvalue weighted by Crippen LogP contribution is 2.21. The molecule has 1 atom stereocenters. The van der Waals surface area contributed by atoms with E-state index in [1.165, 1.54) is 10.8 Å². The third-order valence-corrected chi connectivity index (χ3v) is 3.69. The van der Waals surface area contributed by atoms with E-state index < -0.39 is 45.1 Å². The molecule has 2 N–H and O–H groups in total. The van der Waals surface area contributed by atoms with Gasteiger partial charge in [-0.3, -0.25) is 0 Å². The minimum Gasteiger partial charge on any atom is -0.382 e. The summed E-state index contributed by atoms with van der Waals surface area (Å²) in [4.78, 5) is -0.797. The first-order chi connectivity index (χ1) is 9.09. The highest BCUT2D eigenvalue weighted by Gasteiger charge is 2.39. The Hall–Kier alpha value is -1.70. The van der Waals surface area contributed by atoms with Crippen LogP contribution in [0.3, 0.4) is 0 Å². The van der Waals surface area contributed by atoms with Crippen LogP contribution in [0, 0.1) is 17.1 Å². The Labute approximate surface area is 111 Å². The molecule has 0 fully saturated rings. The molecular formula is C10H8F4N2O3S. The summed E-state index contributed by atoms with van der Waals surface area (Å²) in [5.74, 6) is -1.12. The van der Waals surface area contributed by atoms with Crippen molar-refractivity contribution in [3.8, 4) is 6.07 Å². The molecule has 0 heterocycles. The van der Waals surface area contributed by atoms with E-state index in [-0.39, 0.29) is 0 Å². The number of nitrogens with one attached hydrogen (secondary N) is 1. The molecule has 0 saturated heterocycles. The number of nitriles is 1. The quantitative estimate of drug-likeness (QED) is 0.808. The smallest absolute Gasteiger partial charge is 0.382 e. The van der Waals surface area contributed by atoms with Gasteiger partial charge in [0.25, 0.3) is 0 Å². The van der Waals surface area contributed by atoms with Gasteiger partial charge in [0.15, 0.2) is 6.10 Å². The molecule has 0 amide bonds. The van der Waals surface area contributed by atoms with E-state index in [0.717, 1.165) is 18.2 Å². The van der Waals surface area contributed by atoms with Crippen LogP contribution in [0.25, 0.3) is 0 Å². The van der Waals surface area contributed by atoms with E-state index in [1.54, 1.807) is 0 Å². The average Bonchev–Trinajstić information content (AvgIpc) is 2.34. The first-order valence-electron chi connectivity index (χ1n) is 5.02. The SMILES string of the molecule is N#Cc1c(F)cccc1S(=O)(=O)NCC(O)C(F)(F)F. The molecule has 0 spiro atoms. The van der Waals surface area contributed by atoms with E-state index in [1.807, 2.05) is 0 Å². The third-order valence-electron chi connectivity index (χ3n) is 2.22. The molecule has 20 heavy (non-hydrogen) atoms. The average molecular weight is 312 g/mol. The summed E-state index contributed by atoms with van der Waals surface area (Å²) in [7, 11) is -4.55. The maximum Gasteiger partial charge on any atom is 0.415 e. The highest BCUT2D eigenvalue weighted by molar-refractivity contribution is 7.89. The molecule has 1 aromatic rings. The van der Waals surface area contributed by atoms with Gasteiger partial charge < -0.3 is 5.11 Å². The van der Waals surface area contributed by atoms with Crippen molar-refractivity contribution in [2.45, 2.75) is 17.2 Å². The van der Waals surface area contributed by atoms with E-state index >= 15 is 0 Å². The Bertz CT molecular complexity index is 637. The van der Waals surface area contributed by atoms with Gasteiger partial charge >= 0.3 is 6.18 Å². The predicted octanol–water partition coefficient (Wildman–Crippen LogP) is 0.899. The predicted molar refractivity (Wildman–Crippen MR) is 58.4 cm³/mol. The summed E-state index contributed by atoms with van der Waals surface area (Å²) in [6, 6.07) is 4.00. The molecule has 5 nitrogen and oxygen atoms in total. The van der Waals surface area contributed by atoms with Gasteiger partial charge in [0.05, 0.1) is 0 Å². The second kappa shape index (κ2) is 5.74. The number of sulfonamides is 1. The monoisotopic (exact) mass is 312 g/mol. The third kappa shape index (κ3) is 3.66. The van der Waals surface area contributed by atoms with Crippen molar-refractivity contribution < 1.29 is 31.1 Å². The molecule has 0 aliphatic carbocycles. The van der Waals surface area contributed by atoms with Crippen molar-refractivity contribution in [3.63, 3.8) is 0 Å². The number of alkyl halides is 3. The maximum absolute atomic E-state index is 13.2. The van der Waals surface area contributed by atoms with Crippen molar-refractivity contribution in [2.75, 3.05) is 6.54 Å². The van der Waals surface area contributed by atoms with E-state index in [9.17, 15) is 26.0 Å². The summed E-state index contributed by atoms with van der Waals surface area (Å²) in [6.07, 6.45) is -7.90. The Balaban J connectivity index is 3.03. The van der Waals surface area contributed by atoms with Crippen molar-refractivity contribution in [2.24, 2.45) is 0 Å². The van der Waals surface area contributed by atoms with Crippen LogP contribution < -0.4 is 4.72 Å². The van der Waals surface area contributed by atoms with Gasteiger partial charge in [-0.25, -0.2) is 17.5 Å². The van der Waals surface area contributed by atoms with Crippen molar-refractivity contribution >= 4 is 10.0 Å². The minimum atomic E-state index is -5.00. The molecule has 1 aromatic carbocycles. The lowest BCUT2D eigenvalue weighted by Gasteiger charge is -2.15. The summed E-state index contributed by atoms with van der Waals surface area (Å²) < 4.78 is 74.2. The normalized spacial score (nSPS) is 13.8. The zero-order valence-electron chi connectivity index (χ0n) is 9.65. The first kappa shape index (κ1) is 16.4. The molecule has 0 bridgehead atoms. The van der Waals surface area contributed by atoms with Gasteiger partial charge in [0.1, 0.15) is 22.3 Å². The molecule has 1 unspecified atom stereocenters. The fourth-order valence-corrected chi connectivity index (χ4v) is 2.42. The minimum absolute atomic E-state index is 0.797. The molecule has 0 aliphatic heterocycles. The number of aliphatic hydroxyl groups excluding tert-OH is 1. The zero-order chi connectivity index (χ0) is 15.6. The number of hydrogen-bond acceptors (Lipinski definition) is 4. The van der Waals surface area contributed by atoms with Crippen LogP contribution >= 0.6 is 0 Å². The second-order valence-electron chi connectivity index (χ2n) is 3.63. The molecular weight excluding hydrogens is 304 g/mol. The van der Waals surface area contributed by atoms with Gasteiger partial charge in [-0.05, 0) is 12.1 Å². The fourth-order valence-electron chi connectivity index (χ4n) is 1.22. The molecule has 0 saturated carbocycles. The standard InChI is InChI=1S/C10H8F4N2O3S/c11-7-2-1-3-8(6(7)4-15)20(18,19)16-5-9(17)10(12,13)14/h1-3,9,16-17H,5H2. The maximum atomic E-state index is 13.2.